The van der Waals surface area contributed by atoms with Crippen molar-refractivity contribution < 1.29 is 8.42 Å². The summed E-state index contributed by atoms with van der Waals surface area (Å²) >= 11 is 0. The molecule has 102 valence electrons. The summed E-state index contributed by atoms with van der Waals surface area (Å²) in [5.41, 5.74) is 6.35. The highest BCUT2D eigenvalue weighted by Crippen LogP contribution is 2.28. The van der Waals surface area contributed by atoms with Gasteiger partial charge >= 0.3 is 0 Å². The van der Waals surface area contributed by atoms with Gasteiger partial charge in [-0.3, -0.25) is 0 Å². The summed E-state index contributed by atoms with van der Waals surface area (Å²) in [6.45, 7) is 0.869. The summed E-state index contributed by atoms with van der Waals surface area (Å²) < 4.78 is 28.5. The Kier molecular flexibility index (Phi) is 4.09. The van der Waals surface area contributed by atoms with Crippen LogP contribution in [0.4, 0.5) is 0 Å². The standard InChI is InChI=1S/C12H21N3O2S/c1-15-9-12(7-11(15)8-13)18(16,17)14-6-5-10-3-2-4-10/h7,9-10,14H,2-6,8,13H2,1H3. The zero-order valence-corrected chi connectivity index (χ0v) is 11.5. The van der Waals surface area contributed by atoms with Gasteiger partial charge in [0.05, 0.1) is 4.90 Å². The number of nitrogens with two attached hydrogens (primary N) is 1. The van der Waals surface area contributed by atoms with Crippen molar-refractivity contribution in [1.82, 2.24) is 9.29 Å². The fourth-order valence-corrected chi connectivity index (χ4v) is 3.33. The van der Waals surface area contributed by atoms with Crippen molar-refractivity contribution in [3.05, 3.63) is 18.0 Å². The molecule has 18 heavy (non-hydrogen) atoms. The lowest BCUT2D eigenvalue weighted by Crippen LogP contribution is -2.27. The van der Waals surface area contributed by atoms with Crippen LogP contribution in [0.3, 0.4) is 0 Å². The van der Waals surface area contributed by atoms with Gasteiger partial charge in [-0.15, -0.1) is 0 Å². The van der Waals surface area contributed by atoms with Crippen molar-refractivity contribution in [3.8, 4) is 0 Å². The Labute approximate surface area is 108 Å². The van der Waals surface area contributed by atoms with Gasteiger partial charge in [0, 0.05) is 32.0 Å². The highest BCUT2D eigenvalue weighted by molar-refractivity contribution is 7.89. The molecule has 1 aliphatic rings. The number of hydrogen-bond acceptors (Lipinski definition) is 3. The lowest BCUT2D eigenvalue weighted by atomic mass is 9.83. The van der Waals surface area contributed by atoms with Gasteiger partial charge in [0.2, 0.25) is 10.0 Å². The second-order valence-corrected chi connectivity index (χ2v) is 6.73. The van der Waals surface area contributed by atoms with Crippen LogP contribution in [0.25, 0.3) is 0 Å². The Morgan fingerprint density at radius 2 is 2.22 bits per heavy atom. The second kappa shape index (κ2) is 5.42. The van der Waals surface area contributed by atoms with Crippen LogP contribution in [0.15, 0.2) is 17.2 Å². The summed E-state index contributed by atoms with van der Waals surface area (Å²) in [5.74, 6) is 0.711. The first kappa shape index (κ1) is 13.6. The van der Waals surface area contributed by atoms with Gasteiger partial charge < -0.3 is 10.3 Å². The van der Waals surface area contributed by atoms with Crippen LogP contribution in [-0.4, -0.2) is 19.5 Å². The Morgan fingerprint density at radius 3 is 2.72 bits per heavy atom. The number of nitrogens with zero attached hydrogens (tertiary/aromatic N) is 1. The quantitative estimate of drug-likeness (QED) is 0.809. The van der Waals surface area contributed by atoms with Gasteiger partial charge in [-0.2, -0.15) is 0 Å². The normalized spacial score (nSPS) is 16.8. The molecule has 0 atom stereocenters. The van der Waals surface area contributed by atoms with Gasteiger partial charge in [0.15, 0.2) is 0 Å². The molecular formula is C12H21N3O2S. The minimum absolute atomic E-state index is 0.305. The number of sulfonamides is 1. The third kappa shape index (κ3) is 2.93. The predicted molar refractivity (Wildman–Crippen MR) is 70.5 cm³/mol. The van der Waals surface area contributed by atoms with Crippen molar-refractivity contribution >= 4 is 10.0 Å². The Balaban J connectivity index is 1.95. The second-order valence-electron chi connectivity index (χ2n) is 4.97. The maximum atomic E-state index is 12.0. The van der Waals surface area contributed by atoms with E-state index in [1.54, 1.807) is 23.9 Å². The summed E-state index contributed by atoms with van der Waals surface area (Å²) in [7, 11) is -1.58. The molecule has 0 amide bonds. The number of nitrogens with one attached hydrogen (secondary N) is 1. The molecule has 6 heteroatoms. The van der Waals surface area contributed by atoms with Gasteiger partial charge in [0.25, 0.3) is 0 Å². The highest BCUT2D eigenvalue weighted by atomic mass is 32.2. The maximum Gasteiger partial charge on any atom is 0.242 e. The average Bonchev–Trinajstić information content (AvgIpc) is 2.64. The molecule has 1 aromatic rings. The third-order valence-corrected chi connectivity index (χ3v) is 5.10. The molecule has 3 N–H and O–H groups in total. The molecule has 0 radical (unpaired) electrons. The summed E-state index contributed by atoms with van der Waals surface area (Å²) in [5, 5.41) is 0. The average molecular weight is 271 g/mol. The van der Waals surface area contributed by atoms with Crippen LogP contribution in [0.2, 0.25) is 0 Å². The smallest absolute Gasteiger partial charge is 0.242 e. The van der Waals surface area contributed by atoms with Gasteiger partial charge in [-0.25, -0.2) is 13.1 Å². The molecular weight excluding hydrogens is 250 g/mol. The first-order chi connectivity index (χ1) is 8.53. The van der Waals surface area contributed by atoms with E-state index >= 15 is 0 Å². The molecule has 0 bridgehead atoms. The van der Waals surface area contributed by atoms with Crippen molar-refractivity contribution in [2.24, 2.45) is 18.7 Å². The Morgan fingerprint density at radius 1 is 1.50 bits per heavy atom. The maximum absolute atomic E-state index is 12.0. The summed E-state index contributed by atoms with van der Waals surface area (Å²) in [4.78, 5) is 0.305. The van der Waals surface area contributed by atoms with E-state index in [0.717, 1.165) is 12.1 Å². The largest absolute Gasteiger partial charge is 0.352 e. The zero-order chi connectivity index (χ0) is 13.2. The fourth-order valence-electron chi connectivity index (χ4n) is 2.19. The molecule has 0 aromatic carbocycles. The Bertz CT molecular complexity index is 503. The minimum atomic E-state index is -3.38. The van der Waals surface area contributed by atoms with Gasteiger partial charge in [-0.05, 0) is 18.4 Å². The first-order valence-corrected chi connectivity index (χ1v) is 7.86. The van der Waals surface area contributed by atoms with Gasteiger partial charge in [0.1, 0.15) is 0 Å². The van der Waals surface area contributed by atoms with E-state index in [-0.39, 0.29) is 0 Å². The number of aryl methyl sites for hydroxylation is 1. The number of rotatable bonds is 6. The molecule has 1 fully saturated rings. The van der Waals surface area contributed by atoms with E-state index in [1.807, 2.05) is 0 Å². The lowest BCUT2D eigenvalue weighted by Gasteiger charge is -2.24. The third-order valence-electron chi connectivity index (χ3n) is 3.67. The van der Waals surface area contributed by atoms with Crippen LogP contribution in [0.5, 0.6) is 0 Å². The highest BCUT2D eigenvalue weighted by Gasteiger charge is 2.20. The van der Waals surface area contributed by atoms with Crippen molar-refractivity contribution in [1.29, 1.82) is 0 Å². The van der Waals surface area contributed by atoms with E-state index in [0.29, 0.717) is 23.9 Å². The molecule has 0 unspecified atom stereocenters. The van der Waals surface area contributed by atoms with Crippen LogP contribution >= 0.6 is 0 Å². The van der Waals surface area contributed by atoms with Crippen LogP contribution < -0.4 is 10.5 Å². The first-order valence-electron chi connectivity index (χ1n) is 6.38. The Hall–Kier alpha value is -0.850. The van der Waals surface area contributed by atoms with E-state index in [1.165, 1.54) is 19.3 Å². The van der Waals surface area contributed by atoms with E-state index < -0.39 is 10.0 Å². The number of hydrogen-bond donors (Lipinski definition) is 2. The topological polar surface area (TPSA) is 77.1 Å². The molecule has 2 rings (SSSR count). The lowest BCUT2D eigenvalue weighted by molar-refractivity contribution is 0.297. The van der Waals surface area contributed by atoms with E-state index in [4.69, 9.17) is 5.73 Å². The fraction of sp³-hybridized carbons (Fsp3) is 0.667. The minimum Gasteiger partial charge on any atom is -0.352 e. The summed E-state index contributed by atoms with van der Waals surface area (Å²) in [6, 6.07) is 1.63. The molecule has 1 aromatic heterocycles. The van der Waals surface area contributed by atoms with Crippen molar-refractivity contribution in [2.75, 3.05) is 6.54 Å². The van der Waals surface area contributed by atoms with Crippen LogP contribution in [0.1, 0.15) is 31.4 Å². The van der Waals surface area contributed by atoms with Crippen LogP contribution in [0, 0.1) is 5.92 Å². The summed E-state index contributed by atoms with van der Waals surface area (Å²) in [6.07, 6.45) is 6.31. The number of aromatic nitrogens is 1. The molecule has 1 heterocycles. The molecule has 5 nitrogen and oxygen atoms in total. The van der Waals surface area contributed by atoms with Crippen molar-refractivity contribution in [3.63, 3.8) is 0 Å². The monoisotopic (exact) mass is 271 g/mol. The van der Waals surface area contributed by atoms with Crippen LogP contribution in [-0.2, 0) is 23.6 Å². The molecule has 0 aliphatic heterocycles. The zero-order valence-electron chi connectivity index (χ0n) is 10.7. The van der Waals surface area contributed by atoms with Gasteiger partial charge in [-0.1, -0.05) is 19.3 Å². The molecule has 0 saturated heterocycles. The van der Waals surface area contributed by atoms with Crippen molar-refractivity contribution in [2.45, 2.75) is 37.1 Å². The SMILES string of the molecule is Cn1cc(S(=O)(=O)NCCC2CCC2)cc1CN. The molecule has 1 aliphatic carbocycles. The molecule has 0 spiro atoms. The predicted octanol–water partition coefficient (Wildman–Crippen LogP) is 0.952. The molecule has 1 saturated carbocycles. The van der Waals surface area contributed by atoms with E-state index in [9.17, 15) is 8.42 Å². The van der Waals surface area contributed by atoms with E-state index in [2.05, 4.69) is 4.72 Å².